The Labute approximate surface area is 86.3 Å². The van der Waals surface area contributed by atoms with Gasteiger partial charge < -0.3 is 20.3 Å². The summed E-state index contributed by atoms with van der Waals surface area (Å²) in [6.45, 7) is 6.31. The van der Waals surface area contributed by atoms with Crippen molar-refractivity contribution in [3.8, 4) is 0 Å². The van der Waals surface area contributed by atoms with Gasteiger partial charge in [-0.1, -0.05) is 13.8 Å². The maximum Gasteiger partial charge on any atom is 0.0698 e. The van der Waals surface area contributed by atoms with Gasteiger partial charge in [-0.15, -0.1) is 0 Å². The van der Waals surface area contributed by atoms with Gasteiger partial charge in [0.15, 0.2) is 0 Å². The van der Waals surface area contributed by atoms with E-state index < -0.39 is 0 Å². The first-order chi connectivity index (χ1) is 6.72. The lowest BCUT2D eigenvalue weighted by Crippen LogP contribution is -2.36. The average Bonchev–Trinajstić information content (AvgIpc) is 2.15. The summed E-state index contributed by atoms with van der Waals surface area (Å²) in [7, 11) is 0. The van der Waals surface area contributed by atoms with Gasteiger partial charge in [0.2, 0.25) is 0 Å². The zero-order valence-electron chi connectivity index (χ0n) is 9.20. The smallest absolute Gasteiger partial charge is 0.0698 e. The predicted molar refractivity (Wildman–Crippen MR) is 56.2 cm³/mol. The van der Waals surface area contributed by atoms with Crippen molar-refractivity contribution in [2.45, 2.75) is 26.3 Å². The molecule has 0 saturated carbocycles. The normalized spacial score (nSPS) is 13.5. The Hall–Kier alpha value is -0.160. The molecule has 0 radical (unpaired) electrons. The quantitative estimate of drug-likeness (QED) is 0.463. The van der Waals surface area contributed by atoms with Crippen molar-refractivity contribution in [3.05, 3.63) is 0 Å². The minimum atomic E-state index is 0.0737. The summed E-state index contributed by atoms with van der Waals surface area (Å²) in [5.41, 5.74) is 0. The summed E-state index contributed by atoms with van der Waals surface area (Å²) >= 11 is 0. The lowest BCUT2D eigenvalue weighted by atomic mass is 10.0. The van der Waals surface area contributed by atoms with Crippen LogP contribution in [-0.4, -0.2) is 49.2 Å². The van der Waals surface area contributed by atoms with E-state index in [0.717, 1.165) is 13.0 Å². The van der Waals surface area contributed by atoms with Crippen molar-refractivity contribution in [2.24, 2.45) is 5.92 Å². The molecule has 0 amide bonds. The van der Waals surface area contributed by atoms with E-state index in [4.69, 9.17) is 14.9 Å². The second-order valence-electron chi connectivity index (χ2n) is 3.65. The van der Waals surface area contributed by atoms with Gasteiger partial charge in [0, 0.05) is 19.2 Å². The zero-order chi connectivity index (χ0) is 10.8. The van der Waals surface area contributed by atoms with E-state index in [-0.39, 0.29) is 13.2 Å². The number of hydrogen-bond acceptors (Lipinski definition) is 4. The molecule has 86 valence electrons. The first kappa shape index (κ1) is 13.8. The molecule has 1 unspecified atom stereocenters. The van der Waals surface area contributed by atoms with E-state index in [0.29, 0.717) is 25.2 Å². The van der Waals surface area contributed by atoms with E-state index in [2.05, 4.69) is 19.2 Å². The molecule has 3 N–H and O–H groups in total. The zero-order valence-corrected chi connectivity index (χ0v) is 9.20. The number of aliphatic hydroxyl groups is 2. The molecular formula is C10H23NO3. The van der Waals surface area contributed by atoms with Gasteiger partial charge >= 0.3 is 0 Å². The average molecular weight is 205 g/mol. The Bertz CT molecular complexity index is 120. The molecule has 0 heterocycles. The minimum Gasteiger partial charge on any atom is -0.396 e. The van der Waals surface area contributed by atoms with Gasteiger partial charge in [-0.25, -0.2) is 0 Å². The van der Waals surface area contributed by atoms with Gasteiger partial charge in [-0.3, -0.25) is 0 Å². The number of rotatable bonds is 9. The molecule has 0 aliphatic rings. The van der Waals surface area contributed by atoms with Crippen LogP contribution in [0.2, 0.25) is 0 Å². The van der Waals surface area contributed by atoms with Crippen LogP contribution in [0, 0.1) is 5.92 Å². The van der Waals surface area contributed by atoms with Gasteiger partial charge in [-0.05, 0) is 12.3 Å². The summed E-state index contributed by atoms with van der Waals surface area (Å²) < 4.78 is 5.12. The first-order valence-electron chi connectivity index (χ1n) is 5.25. The number of nitrogens with one attached hydrogen (secondary N) is 1. The standard InChI is InChI=1S/C10H23NO3/c1-9(2)10(3-5-12)11-4-7-14-8-6-13/h9-13H,3-8H2,1-2H3. The summed E-state index contributed by atoms with van der Waals surface area (Å²) in [6, 6.07) is 0.345. The molecule has 0 aliphatic heterocycles. The molecule has 0 fully saturated rings. The third-order valence-corrected chi connectivity index (χ3v) is 2.13. The molecule has 4 nitrogen and oxygen atoms in total. The van der Waals surface area contributed by atoms with Crippen molar-refractivity contribution in [2.75, 3.05) is 33.0 Å². The highest BCUT2D eigenvalue weighted by Gasteiger charge is 2.10. The fourth-order valence-electron chi connectivity index (χ4n) is 1.29. The van der Waals surface area contributed by atoms with E-state index >= 15 is 0 Å². The summed E-state index contributed by atoms with van der Waals surface area (Å²) in [5.74, 6) is 0.514. The second-order valence-corrected chi connectivity index (χ2v) is 3.65. The topological polar surface area (TPSA) is 61.7 Å². The van der Waals surface area contributed by atoms with Gasteiger partial charge in [0.25, 0.3) is 0 Å². The fraction of sp³-hybridized carbons (Fsp3) is 1.00. The van der Waals surface area contributed by atoms with Crippen LogP contribution in [0.15, 0.2) is 0 Å². The monoisotopic (exact) mass is 205 g/mol. The molecular weight excluding hydrogens is 182 g/mol. The molecule has 0 bridgehead atoms. The largest absolute Gasteiger partial charge is 0.396 e. The Kier molecular flexibility index (Phi) is 9.29. The molecule has 0 aromatic carbocycles. The maximum absolute atomic E-state index is 8.82. The Morgan fingerprint density at radius 2 is 1.86 bits per heavy atom. The SMILES string of the molecule is CC(C)C(CCO)NCCOCCO. The molecule has 0 aromatic heterocycles. The number of ether oxygens (including phenoxy) is 1. The van der Waals surface area contributed by atoms with Gasteiger partial charge in [-0.2, -0.15) is 0 Å². The molecule has 0 rings (SSSR count). The van der Waals surface area contributed by atoms with E-state index in [1.54, 1.807) is 0 Å². The third kappa shape index (κ3) is 7.26. The van der Waals surface area contributed by atoms with Crippen molar-refractivity contribution < 1.29 is 14.9 Å². The van der Waals surface area contributed by atoms with Crippen molar-refractivity contribution in [1.82, 2.24) is 5.32 Å². The summed E-state index contributed by atoms with van der Waals surface area (Å²) in [4.78, 5) is 0. The molecule has 4 heteroatoms. The third-order valence-electron chi connectivity index (χ3n) is 2.13. The summed E-state index contributed by atoms with van der Waals surface area (Å²) in [5, 5.41) is 20.6. The van der Waals surface area contributed by atoms with E-state index in [1.807, 2.05) is 0 Å². The second kappa shape index (κ2) is 9.40. The van der Waals surface area contributed by atoms with E-state index in [9.17, 15) is 0 Å². The van der Waals surface area contributed by atoms with Crippen molar-refractivity contribution in [3.63, 3.8) is 0 Å². The van der Waals surface area contributed by atoms with Gasteiger partial charge in [0.1, 0.15) is 0 Å². The minimum absolute atomic E-state index is 0.0737. The molecule has 0 aliphatic carbocycles. The predicted octanol–water partition coefficient (Wildman–Crippen LogP) is -0.00810. The fourth-order valence-corrected chi connectivity index (χ4v) is 1.29. The van der Waals surface area contributed by atoms with Crippen LogP contribution in [0.3, 0.4) is 0 Å². The Morgan fingerprint density at radius 1 is 1.14 bits per heavy atom. The molecule has 0 saturated heterocycles. The molecule has 14 heavy (non-hydrogen) atoms. The molecule has 0 aromatic rings. The maximum atomic E-state index is 8.82. The Balaban J connectivity index is 3.41. The van der Waals surface area contributed by atoms with Crippen LogP contribution >= 0.6 is 0 Å². The van der Waals surface area contributed by atoms with Crippen LogP contribution in [0.5, 0.6) is 0 Å². The highest BCUT2D eigenvalue weighted by Crippen LogP contribution is 2.04. The van der Waals surface area contributed by atoms with Crippen molar-refractivity contribution >= 4 is 0 Å². The highest BCUT2D eigenvalue weighted by atomic mass is 16.5. The lowest BCUT2D eigenvalue weighted by molar-refractivity contribution is 0.0908. The first-order valence-corrected chi connectivity index (χ1v) is 5.25. The number of hydrogen-bond donors (Lipinski definition) is 3. The molecule has 1 atom stereocenters. The van der Waals surface area contributed by atoms with Crippen LogP contribution in [0.4, 0.5) is 0 Å². The van der Waals surface area contributed by atoms with E-state index in [1.165, 1.54) is 0 Å². The molecule has 0 spiro atoms. The van der Waals surface area contributed by atoms with Crippen molar-refractivity contribution in [1.29, 1.82) is 0 Å². The van der Waals surface area contributed by atoms with Crippen LogP contribution in [-0.2, 0) is 4.74 Å². The van der Waals surface area contributed by atoms with Gasteiger partial charge in [0.05, 0.1) is 19.8 Å². The summed E-state index contributed by atoms with van der Waals surface area (Å²) in [6.07, 6.45) is 0.775. The number of aliphatic hydroxyl groups excluding tert-OH is 2. The Morgan fingerprint density at radius 3 is 2.36 bits per heavy atom. The van der Waals surface area contributed by atoms with Crippen LogP contribution in [0.1, 0.15) is 20.3 Å². The highest BCUT2D eigenvalue weighted by molar-refractivity contribution is 4.69. The van der Waals surface area contributed by atoms with Crippen LogP contribution < -0.4 is 5.32 Å². The lowest BCUT2D eigenvalue weighted by Gasteiger charge is -2.21. The van der Waals surface area contributed by atoms with Crippen LogP contribution in [0.25, 0.3) is 0 Å².